The third-order valence-electron chi connectivity index (χ3n) is 4.99. The molecule has 0 amide bonds. The van der Waals surface area contributed by atoms with Crippen molar-refractivity contribution in [2.24, 2.45) is 0 Å². The van der Waals surface area contributed by atoms with Crippen LogP contribution in [0.2, 0.25) is 0 Å². The van der Waals surface area contributed by atoms with Crippen molar-refractivity contribution in [3.8, 4) is 11.1 Å². The van der Waals surface area contributed by atoms with Crippen LogP contribution in [-0.2, 0) is 32.7 Å². The van der Waals surface area contributed by atoms with Crippen molar-refractivity contribution < 1.29 is 32.7 Å². The van der Waals surface area contributed by atoms with E-state index in [2.05, 4.69) is 44.2 Å². The first kappa shape index (κ1) is 18.2. The van der Waals surface area contributed by atoms with Crippen LogP contribution >= 0.6 is 0 Å². The molecule has 0 unspecified atom stereocenters. The van der Waals surface area contributed by atoms with Crippen LogP contribution in [-0.4, -0.2) is 19.9 Å². The largest absolute Gasteiger partial charge is 0.294 e. The van der Waals surface area contributed by atoms with Gasteiger partial charge in [-0.25, -0.2) is 0 Å². The van der Waals surface area contributed by atoms with Crippen molar-refractivity contribution in [3.05, 3.63) is 85.5 Å². The summed E-state index contributed by atoms with van der Waals surface area (Å²) in [4.78, 5) is 18.3. The molecule has 5 heteroatoms. The number of pyridine rings is 4. The van der Waals surface area contributed by atoms with Gasteiger partial charge in [0.1, 0.15) is 0 Å². The SMILES string of the molecule is [Y].[c-]1c(-c2[c-]c3cccnc3c3ncccc23)c2cccnc2c2ncccc12. The number of rotatable bonds is 1. The molecular weight excluding hydrogens is 433 g/mol. The van der Waals surface area contributed by atoms with Crippen LogP contribution in [0.15, 0.2) is 73.3 Å². The van der Waals surface area contributed by atoms with Gasteiger partial charge >= 0.3 is 0 Å². The molecule has 0 fully saturated rings. The van der Waals surface area contributed by atoms with E-state index >= 15 is 0 Å². The molecule has 0 spiro atoms. The van der Waals surface area contributed by atoms with Crippen LogP contribution in [0.4, 0.5) is 0 Å². The van der Waals surface area contributed by atoms with Crippen LogP contribution in [0, 0.1) is 12.1 Å². The standard InChI is InChI=1S/C24H12N4.Y/c1-5-15-13-19(17-7-3-11-27-23(17)21(15)25-9-1)20-14-16-6-2-10-26-22(16)24-18(20)8-4-12-28-24;/h1-12H;/q-2;. The number of benzene rings is 2. The molecule has 0 atom stereocenters. The molecule has 0 bridgehead atoms. The molecule has 4 heterocycles. The van der Waals surface area contributed by atoms with Crippen LogP contribution in [0.1, 0.15) is 0 Å². The molecule has 0 N–H and O–H groups in total. The fourth-order valence-corrected chi connectivity index (χ4v) is 3.78. The zero-order chi connectivity index (χ0) is 18.5. The van der Waals surface area contributed by atoms with Gasteiger partial charge in [-0.15, -0.1) is 22.9 Å². The smallest absolute Gasteiger partial charge is 0.0253 e. The van der Waals surface area contributed by atoms with Crippen molar-refractivity contribution in [1.82, 2.24) is 19.9 Å². The fraction of sp³-hybridized carbons (Fsp3) is 0. The number of nitrogens with zero attached hydrogens (tertiary/aromatic N) is 4. The van der Waals surface area contributed by atoms with E-state index in [1.165, 1.54) is 0 Å². The van der Waals surface area contributed by atoms with Gasteiger partial charge in [-0.05, 0) is 0 Å². The van der Waals surface area contributed by atoms with E-state index in [1.54, 1.807) is 24.8 Å². The third-order valence-corrected chi connectivity index (χ3v) is 4.99. The Morgan fingerprint density at radius 3 is 1.31 bits per heavy atom. The minimum atomic E-state index is 0. The molecule has 4 aromatic heterocycles. The van der Waals surface area contributed by atoms with Crippen molar-refractivity contribution >= 4 is 43.6 Å². The molecule has 133 valence electrons. The first-order chi connectivity index (χ1) is 13.9. The molecule has 0 aliphatic carbocycles. The minimum absolute atomic E-state index is 0. The molecule has 29 heavy (non-hydrogen) atoms. The molecule has 0 aliphatic heterocycles. The average molecular weight is 445 g/mol. The molecule has 0 saturated carbocycles. The van der Waals surface area contributed by atoms with E-state index in [9.17, 15) is 0 Å². The second-order valence-corrected chi connectivity index (χ2v) is 6.60. The number of hydrogen-bond donors (Lipinski definition) is 0. The maximum Gasteiger partial charge on any atom is 0.0253 e. The van der Waals surface area contributed by atoms with Gasteiger partial charge in [-0.2, -0.15) is 23.3 Å². The first-order valence-electron chi connectivity index (χ1n) is 9.00. The van der Waals surface area contributed by atoms with Gasteiger partial charge < -0.3 is 0 Å². The van der Waals surface area contributed by atoms with Crippen LogP contribution < -0.4 is 0 Å². The molecular formula is C24H12N4Y-2. The summed E-state index contributed by atoms with van der Waals surface area (Å²) < 4.78 is 0. The summed E-state index contributed by atoms with van der Waals surface area (Å²) in [6.07, 6.45) is 7.18. The van der Waals surface area contributed by atoms with E-state index in [-0.39, 0.29) is 32.7 Å². The fourth-order valence-electron chi connectivity index (χ4n) is 3.78. The summed E-state index contributed by atoms with van der Waals surface area (Å²) in [7, 11) is 0. The Balaban J connectivity index is 0.00000181. The van der Waals surface area contributed by atoms with Gasteiger partial charge in [-0.1, -0.05) is 47.2 Å². The molecule has 2 aromatic carbocycles. The summed E-state index contributed by atoms with van der Waals surface area (Å²) in [5.74, 6) is 0. The van der Waals surface area contributed by atoms with Gasteiger partial charge in [0.25, 0.3) is 0 Å². The van der Waals surface area contributed by atoms with Gasteiger partial charge in [0.05, 0.1) is 0 Å². The predicted octanol–water partition coefficient (Wildman–Crippen LogP) is 5.14. The predicted molar refractivity (Wildman–Crippen MR) is 111 cm³/mol. The summed E-state index contributed by atoms with van der Waals surface area (Å²) >= 11 is 0. The molecule has 0 aliphatic rings. The van der Waals surface area contributed by atoms with Crippen LogP contribution in [0.5, 0.6) is 0 Å². The Morgan fingerprint density at radius 2 is 0.862 bits per heavy atom. The maximum atomic E-state index is 4.61. The summed E-state index contributed by atoms with van der Waals surface area (Å²) in [6, 6.07) is 23.0. The number of hydrogen-bond acceptors (Lipinski definition) is 4. The van der Waals surface area contributed by atoms with E-state index in [4.69, 9.17) is 0 Å². The molecule has 0 saturated heterocycles. The maximum absolute atomic E-state index is 4.61. The summed E-state index contributed by atoms with van der Waals surface area (Å²) in [5, 5.41) is 3.86. The molecule has 4 nitrogen and oxygen atoms in total. The zero-order valence-electron chi connectivity index (χ0n) is 15.3. The zero-order valence-corrected chi connectivity index (χ0v) is 18.1. The second-order valence-electron chi connectivity index (χ2n) is 6.60. The third kappa shape index (κ3) is 2.83. The first-order valence-corrected chi connectivity index (χ1v) is 9.00. The Hall–Kier alpha value is -2.82. The molecule has 1 radical (unpaired) electrons. The monoisotopic (exact) mass is 445 g/mol. The van der Waals surface area contributed by atoms with E-state index < -0.39 is 0 Å². The quantitative estimate of drug-likeness (QED) is 0.260. The van der Waals surface area contributed by atoms with Crippen molar-refractivity contribution in [2.45, 2.75) is 0 Å². The van der Waals surface area contributed by atoms with Crippen LogP contribution in [0.3, 0.4) is 0 Å². The molecule has 6 rings (SSSR count). The van der Waals surface area contributed by atoms with E-state index in [0.717, 1.165) is 54.7 Å². The number of fused-ring (bicyclic) bond motifs is 6. The van der Waals surface area contributed by atoms with Crippen molar-refractivity contribution in [1.29, 1.82) is 0 Å². The number of aromatic nitrogens is 4. The second kappa shape index (κ2) is 7.21. The normalized spacial score (nSPS) is 11.2. The Bertz CT molecular complexity index is 1410. The Labute approximate surface area is 191 Å². The van der Waals surface area contributed by atoms with Gasteiger partial charge in [0, 0.05) is 79.6 Å². The summed E-state index contributed by atoms with van der Waals surface area (Å²) in [5.41, 5.74) is 5.34. The van der Waals surface area contributed by atoms with Crippen molar-refractivity contribution in [3.63, 3.8) is 0 Å². The minimum Gasteiger partial charge on any atom is -0.294 e. The van der Waals surface area contributed by atoms with Gasteiger partial charge in [-0.3, -0.25) is 19.9 Å². The van der Waals surface area contributed by atoms with Gasteiger partial charge in [0.2, 0.25) is 0 Å². The topological polar surface area (TPSA) is 51.6 Å². The van der Waals surface area contributed by atoms with E-state index in [1.807, 2.05) is 36.4 Å². The molecule has 6 aromatic rings. The van der Waals surface area contributed by atoms with Gasteiger partial charge in [0.15, 0.2) is 0 Å². The average Bonchev–Trinajstić information content (AvgIpc) is 2.78. The van der Waals surface area contributed by atoms with E-state index in [0.29, 0.717) is 0 Å². The Kier molecular flexibility index (Phi) is 4.53. The van der Waals surface area contributed by atoms with Crippen LogP contribution in [0.25, 0.3) is 54.7 Å². The Morgan fingerprint density at radius 1 is 0.483 bits per heavy atom. The summed E-state index contributed by atoms with van der Waals surface area (Å²) in [6.45, 7) is 0. The van der Waals surface area contributed by atoms with Crippen molar-refractivity contribution in [2.75, 3.05) is 0 Å².